The number of ether oxygens (including phenoxy) is 1. The molecule has 6 aliphatic rings. The monoisotopic (exact) mass is 1350 g/mol. The van der Waals surface area contributed by atoms with Gasteiger partial charge in [-0.05, 0) is 119 Å². The van der Waals surface area contributed by atoms with Crippen molar-refractivity contribution in [3.63, 3.8) is 0 Å². The van der Waals surface area contributed by atoms with E-state index in [1.165, 1.54) is 17.8 Å². The summed E-state index contributed by atoms with van der Waals surface area (Å²) >= 11 is 0. The van der Waals surface area contributed by atoms with Gasteiger partial charge in [0.15, 0.2) is 6.23 Å². The Hall–Kier alpha value is -7.00. The van der Waals surface area contributed by atoms with Crippen molar-refractivity contribution >= 4 is 77.3 Å². The SMILES string of the molecule is C/C1=C2/[N-][C@H]([C@H](CC(N)=O)[C@@]2(C)CCC(=O)NCC(C)OP(=O)([O-])O[C@H]2[C@@H](O)[C@@H](n3cnc4cc(C)c(C)cc43)O[C@@H]2CO)[C@]2(C)N=C(/C(C)=C3N=C(/C=C4N=C1[C@@H](CCC(N)=O)C\4(C)C)[C@@H](CCC(N)=O)[C@]\3(C)CC(N)=O)[C@@H](CCC(N)=O)[C@]2(C)CC(N)=O.[C-]#N.[Co+3]. The molecular weight excluding hydrogens is 1270 g/mol. The van der Waals surface area contributed by atoms with Gasteiger partial charge in [0.1, 0.15) is 18.3 Å². The van der Waals surface area contributed by atoms with E-state index in [1.807, 2.05) is 80.5 Å². The topological polar surface area (TPSA) is 489 Å². The number of aromatic nitrogens is 2. The predicted octanol–water partition coefficient (Wildman–Crippen LogP) is 3.41. The van der Waals surface area contributed by atoms with Crippen LogP contribution in [0.1, 0.15) is 150 Å². The number of allylic oxidation sites excluding steroid dienone is 6. The van der Waals surface area contributed by atoms with Gasteiger partial charge in [-0.1, -0.05) is 40.7 Å². The van der Waals surface area contributed by atoms with Gasteiger partial charge in [0, 0.05) is 108 Å². The number of aliphatic hydroxyl groups excluding tert-OH is 2. The Balaban J connectivity index is 0.00000453. The molecule has 15 atom stereocenters. The number of amides is 7. The van der Waals surface area contributed by atoms with E-state index in [9.17, 15) is 53.2 Å². The van der Waals surface area contributed by atoms with Gasteiger partial charge in [-0.3, -0.25) is 53.1 Å². The summed E-state index contributed by atoms with van der Waals surface area (Å²) in [6, 6.07) is 2.65. The van der Waals surface area contributed by atoms with Crippen LogP contribution in [0.5, 0.6) is 0 Å². The summed E-state index contributed by atoms with van der Waals surface area (Å²) in [4.78, 5) is 128. The maximum atomic E-state index is 14.4. The zero-order chi connectivity index (χ0) is 68.7. The third kappa shape index (κ3) is 14.6. The second-order valence-electron chi connectivity index (χ2n) is 27.0. The fourth-order valence-corrected chi connectivity index (χ4v) is 16.4. The van der Waals surface area contributed by atoms with E-state index in [0.29, 0.717) is 56.4 Å². The number of fused-ring (bicyclic) bond motifs is 7. The number of hydrogen-bond acceptors (Lipinski definition) is 19. The molecule has 0 aliphatic carbocycles. The molecule has 15 N–H and O–H groups in total. The molecule has 1 aromatic carbocycles. The largest absolute Gasteiger partial charge is 3.00 e. The Labute approximate surface area is 551 Å². The van der Waals surface area contributed by atoms with Gasteiger partial charge in [-0.2, -0.15) is 5.70 Å². The van der Waals surface area contributed by atoms with Crippen LogP contribution in [0.3, 0.4) is 0 Å². The molecule has 2 aromatic rings. The maximum absolute atomic E-state index is 14.4. The molecule has 28 nitrogen and oxygen atoms in total. The average molecular weight is 1360 g/mol. The van der Waals surface area contributed by atoms with Crippen LogP contribution in [0.15, 0.2) is 67.8 Å². The molecule has 30 heteroatoms. The van der Waals surface area contributed by atoms with E-state index in [4.69, 9.17) is 80.3 Å². The summed E-state index contributed by atoms with van der Waals surface area (Å²) in [6.45, 7) is 23.7. The van der Waals surface area contributed by atoms with Crippen LogP contribution >= 0.6 is 7.82 Å². The minimum atomic E-state index is -5.32. The normalized spacial score (nSPS) is 33.1. The van der Waals surface area contributed by atoms with Crippen molar-refractivity contribution in [3.8, 4) is 0 Å². The molecule has 6 aliphatic heterocycles. The van der Waals surface area contributed by atoms with Crippen molar-refractivity contribution in [1.29, 1.82) is 5.26 Å². The molecule has 0 spiro atoms. The number of aliphatic imine (C=N–C) groups is 3. The summed E-state index contributed by atoms with van der Waals surface area (Å²) in [5, 5.41) is 36.4. The van der Waals surface area contributed by atoms with Crippen molar-refractivity contribution < 1.29 is 83.8 Å². The molecule has 8 bridgehead atoms. The van der Waals surface area contributed by atoms with Crippen molar-refractivity contribution in [2.24, 2.45) is 94.7 Å². The second-order valence-corrected chi connectivity index (χ2v) is 28.3. The van der Waals surface area contributed by atoms with E-state index < -0.39 is 143 Å². The second kappa shape index (κ2) is 28.5. The zero-order valence-corrected chi connectivity index (χ0v) is 56.4. The Bertz CT molecular complexity index is 3600. The fraction of sp³-hybridized carbons (Fsp3) is 0.619. The Morgan fingerprint density at radius 1 is 0.806 bits per heavy atom. The Kier molecular flexibility index (Phi) is 23.0. The smallest absolute Gasteiger partial charge is 0.756 e. The molecule has 0 radical (unpaired) electrons. The Morgan fingerprint density at radius 3 is 1.96 bits per heavy atom. The summed E-state index contributed by atoms with van der Waals surface area (Å²) in [6.07, 6.45) is -4.79. The number of hydrogen-bond donors (Lipinski definition) is 9. The first-order chi connectivity index (χ1) is 42.8. The molecule has 2 unspecified atom stereocenters. The summed E-state index contributed by atoms with van der Waals surface area (Å²) in [5.74, 6) is -7.40. The molecule has 8 rings (SSSR count). The number of benzene rings is 1. The molecule has 0 saturated carbocycles. The average Bonchev–Trinajstić information content (AvgIpc) is 1.53. The van der Waals surface area contributed by atoms with Gasteiger partial charge in [0.2, 0.25) is 41.4 Å². The summed E-state index contributed by atoms with van der Waals surface area (Å²) in [5.41, 5.74) is 36.7. The van der Waals surface area contributed by atoms with Gasteiger partial charge >= 0.3 is 16.8 Å². The predicted molar refractivity (Wildman–Crippen MR) is 337 cm³/mol. The zero-order valence-electron chi connectivity index (χ0n) is 54.4. The number of nitrogens with zero attached hydrogens (tertiary/aromatic N) is 7. The molecule has 508 valence electrons. The summed E-state index contributed by atoms with van der Waals surface area (Å²) in [7, 11) is -5.32. The first kappa shape index (κ1) is 75.0. The minimum Gasteiger partial charge on any atom is -0.756 e. The number of nitrogens with two attached hydrogens (primary N) is 6. The van der Waals surface area contributed by atoms with Crippen LogP contribution < -0.4 is 44.6 Å². The fourth-order valence-electron chi connectivity index (χ4n) is 15.3. The van der Waals surface area contributed by atoms with E-state index in [1.54, 1.807) is 6.92 Å². The number of aliphatic hydroxyl groups is 2. The number of phosphoric acid groups is 1. The third-order valence-corrected chi connectivity index (χ3v) is 21.6. The first-order valence-corrected chi connectivity index (χ1v) is 32.2. The number of nitrogens with one attached hydrogen (secondary N) is 1. The van der Waals surface area contributed by atoms with Gasteiger partial charge in [-0.25, -0.2) is 4.98 Å². The number of carbonyl (C=O) groups excluding carboxylic acids is 7. The van der Waals surface area contributed by atoms with Crippen molar-refractivity contribution in [3.05, 3.63) is 75.8 Å². The quantitative estimate of drug-likeness (QED) is 0.0481. The Morgan fingerprint density at radius 2 is 1.39 bits per heavy atom. The molecular formula is C63H88CoN14O14P. The van der Waals surface area contributed by atoms with Gasteiger partial charge in [0.25, 0.3) is 7.82 Å². The third-order valence-electron chi connectivity index (χ3n) is 20.5. The van der Waals surface area contributed by atoms with Crippen LogP contribution in [0, 0.1) is 71.0 Å². The summed E-state index contributed by atoms with van der Waals surface area (Å²) < 4.78 is 31.9. The van der Waals surface area contributed by atoms with E-state index in [-0.39, 0.29) is 94.0 Å². The van der Waals surface area contributed by atoms with E-state index in [2.05, 4.69) is 10.3 Å². The maximum Gasteiger partial charge on any atom is 3.00 e. The molecule has 2 fully saturated rings. The number of aryl methyl sites for hydroxylation is 2. The van der Waals surface area contributed by atoms with Crippen LogP contribution in [-0.4, -0.2) is 127 Å². The minimum absolute atomic E-state index is 0. The molecule has 7 amide bonds. The van der Waals surface area contributed by atoms with Crippen LogP contribution in [0.2, 0.25) is 0 Å². The van der Waals surface area contributed by atoms with Crippen LogP contribution in [0.4, 0.5) is 0 Å². The first-order valence-electron chi connectivity index (χ1n) is 30.7. The van der Waals surface area contributed by atoms with Gasteiger partial charge in [-0.15, -0.1) is 0 Å². The standard InChI is InChI=1S/C62H90N13O14P.CN.Co/c1-29-20-39-40(21-30(29)2)75(28-70-39)57-52(84)53(41(27-76)87-57)89-90(85,86)88-31(3)26-69-49(83)18-19-59(8)37(22-46(66)80)56-62(11)61(10,25-48(68)82)36(14-17-45(65)79)51(74-62)33(5)55-60(9,24-47(67)81)34(12-15-43(63)77)38(71-55)23-42-58(6,7)35(13-16-44(64)78)50(72-42)32(4)54(59)73-56;1-2;/h20-21,23,28,31,34-37,41,52-53,56-57,76,84H,12-19,22,24-27H2,1-11H3,(H15,63,64,65,66,67,68,69,71,72,73,74,77,78,79,80,81,82,83,85,86);;/q;-1;+3/p-2/t31?,34-,35-,36-,37+,41-,52-,53-,56-,57+,59-,60+,61+,62+;;/m1../s1. The van der Waals surface area contributed by atoms with E-state index in [0.717, 1.165) is 11.1 Å². The molecule has 2 saturated heterocycles. The number of primary amides is 6. The van der Waals surface area contributed by atoms with Gasteiger partial charge in [0.05, 0.1) is 41.3 Å². The number of rotatable bonds is 26. The van der Waals surface area contributed by atoms with Crippen LogP contribution in [0.25, 0.3) is 16.4 Å². The van der Waals surface area contributed by atoms with Crippen LogP contribution in [-0.2, 0) is 68.7 Å². The molecule has 93 heavy (non-hydrogen) atoms. The number of imidazole rings is 1. The molecule has 1 aromatic heterocycles. The number of carbonyl (C=O) groups is 7. The number of phosphoric ester groups is 1. The molecule has 7 heterocycles. The van der Waals surface area contributed by atoms with Crippen molar-refractivity contribution in [1.82, 2.24) is 14.9 Å². The van der Waals surface area contributed by atoms with Gasteiger partial charge < -0.3 is 90.3 Å². The van der Waals surface area contributed by atoms with E-state index >= 15 is 0 Å². The van der Waals surface area contributed by atoms with Crippen molar-refractivity contribution in [2.45, 2.75) is 189 Å². The van der Waals surface area contributed by atoms with Crippen molar-refractivity contribution in [2.75, 3.05) is 13.2 Å².